The van der Waals surface area contributed by atoms with E-state index in [0.717, 1.165) is 6.54 Å². The van der Waals surface area contributed by atoms with Crippen molar-refractivity contribution in [3.05, 3.63) is 34.4 Å². The fraction of sp³-hybridized carbons (Fsp3) is 0.455. The summed E-state index contributed by atoms with van der Waals surface area (Å²) in [4.78, 5) is 4.82. The van der Waals surface area contributed by atoms with Crippen LogP contribution in [-0.2, 0) is 11.4 Å². The third-order valence-electron chi connectivity index (χ3n) is 2.36. The molecule has 1 aromatic rings. The van der Waals surface area contributed by atoms with Crippen molar-refractivity contribution in [1.29, 1.82) is 0 Å². The molecular formula is C11H17NO. The van der Waals surface area contributed by atoms with Gasteiger partial charge in [-0.05, 0) is 43.0 Å². The Balaban J connectivity index is 2.88. The molecular weight excluding hydrogens is 162 g/mol. The van der Waals surface area contributed by atoms with E-state index in [1.54, 1.807) is 7.11 Å². The first-order chi connectivity index (χ1) is 6.15. The Labute approximate surface area is 79.9 Å². The predicted octanol–water partition coefficient (Wildman–Crippen LogP) is 2.26. The van der Waals surface area contributed by atoms with Gasteiger partial charge in [-0.2, -0.15) is 5.48 Å². The van der Waals surface area contributed by atoms with Gasteiger partial charge in [0.25, 0.3) is 0 Å². The van der Waals surface area contributed by atoms with Crippen LogP contribution in [0.4, 0.5) is 0 Å². The van der Waals surface area contributed by atoms with Crippen molar-refractivity contribution in [3.63, 3.8) is 0 Å². The van der Waals surface area contributed by atoms with Gasteiger partial charge in [0.05, 0.1) is 7.11 Å². The van der Waals surface area contributed by atoms with Crippen LogP contribution in [0.3, 0.4) is 0 Å². The van der Waals surface area contributed by atoms with Gasteiger partial charge in [-0.15, -0.1) is 0 Å². The molecule has 72 valence electrons. The molecule has 13 heavy (non-hydrogen) atoms. The van der Waals surface area contributed by atoms with E-state index >= 15 is 0 Å². The second-order valence-electron chi connectivity index (χ2n) is 3.39. The Morgan fingerprint density at radius 1 is 1.08 bits per heavy atom. The maximum atomic E-state index is 4.82. The fourth-order valence-corrected chi connectivity index (χ4v) is 1.36. The molecule has 0 saturated heterocycles. The summed E-state index contributed by atoms with van der Waals surface area (Å²) in [5.41, 5.74) is 8.14. The Morgan fingerprint density at radius 2 is 1.69 bits per heavy atom. The molecule has 0 aromatic heterocycles. The van der Waals surface area contributed by atoms with Gasteiger partial charge in [-0.3, -0.25) is 0 Å². The van der Waals surface area contributed by atoms with E-state index in [2.05, 4.69) is 38.4 Å². The molecule has 0 radical (unpaired) electrons. The Morgan fingerprint density at radius 3 is 2.31 bits per heavy atom. The predicted molar refractivity (Wildman–Crippen MR) is 54.5 cm³/mol. The monoisotopic (exact) mass is 179 g/mol. The maximum Gasteiger partial charge on any atom is 0.0572 e. The minimum absolute atomic E-state index is 0.767. The zero-order valence-electron chi connectivity index (χ0n) is 8.77. The minimum Gasteiger partial charge on any atom is -0.305 e. The summed E-state index contributed by atoms with van der Waals surface area (Å²) < 4.78 is 0. The van der Waals surface area contributed by atoms with E-state index in [9.17, 15) is 0 Å². The molecule has 0 bridgehead atoms. The average molecular weight is 179 g/mol. The standard InChI is InChI=1S/C11H17NO/c1-8-5-10(3)11(6-9(8)2)7-12-13-4/h5-6,12H,7H2,1-4H3. The molecule has 0 fully saturated rings. The lowest BCUT2D eigenvalue weighted by atomic mass is 10.0. The quantitative estimate of drug-likeness (QED) is 0.719. The molecule has 0 atom stereocenters. The zero-order valence-corrected chi connectivity index (χ0v) is 8.77. The Bertz CT molecular complexity index is 294. The topological polar surface area (TPSA) is 21.3 Å². The number of benzene rings is 1. The van der Waals surface area contributed by atoms with Crippen molar-refractivity contribution in [1.82, 2.24) is 5.48 Å². The van der Waals surface area contributed by atoms with Crippen molar-refractivity contribution in [2.75, 3.05) is 7.11 Å². The van der Waals surface area contributed by atoms with E-state index in [1.165, 1.54) is 22.3 Å². The number of hydrogen-bond acceptors (Lipinski definition) is 2. The van der Waals surface area contributed by atoms with Crippen LogP contribution in [0.1, 0.15) is 22.3 Å². The molecule has 2 heteroatoms. The van der Waals surface area contributed by atoms with E-state index in [4.69, 9.17) is 4.84 Å². The van der Waals surface area contributed by atoms with Gasteiger partial charge >= 0.3 is 0 Å². The van der Waals surface area contributed by atoms with Crippen LogP contribution in [0.2, 0.25) is 0 Å². The Hall–Kier alpha value is -0.860. The smallest absolute Gasteiger partial charge is 0.0572 e. The molecule has 0 aliphatic heterocycles. The molecule has 0 saturated carbocycles. The van der Waals surface area contributed by atoms with Crippen LogP contribution >= 0.6 is 0 Å². The number of nitrogens with one attached hydrogen (secondary N) is 1. The van der Waals surface area contributed by atoms with Crippen molar-refractivity contribution in [2.45, 2.75) is 27.3 Å². The fourth-order valence-electron chi connectivity index (χ4n) is 1.36. The number of aryl methyl sites for hydroxylation is 3. The molecule has 2 nitrogen and oxygen atoms in total. The van der Waals surface area contributed by atoms with Gasteiger partial charge < -0.3 is 4.84 Å². The van der Waals surface area contributed by atoms with Gasteiger partial charge in [0.2, 0.25) is 0 Å². The largest absolute Gasteiger partial charge is 0.305 e. The van der Waals surface area contributed by atoms with Gasteiger partial charge in [0.15, 0.2) is 0 Å². The summed E-state index contributed by atoms with van der Waals surface area (Å²) in [6.45, 7) is 7.16. The first-order valence-corrected chi connectivity index (χ1v) is 4.47. The van der Waals surface area contributed by atoms with Crippen molar-refractivity contribution in [2.24, 2.45) is 0 Å². The lowest BCUT2D eigenvalue weighted by Crippen LogP contribution is -2.12. The molecule has 1 aromatic carbocycles. The van der Waals surface area contributed by atoms with Crippen LogP contribution in [0.5, 0.6) is 0 Å². The molecule has 0 amide bonds. The maximum absolute atomic E-state index is 4.82. The second kappa shape index (κ2) is 4.40. The van der Waals surface area contributed by atoms with Crippen LogP contribution in [0.15, 0.2) is 12.1 Å². The van der Waals surface area contributed by atoms with Crippen LogP contribution in [0.25, 0.3) is 0 Å². The summed E-state index contributed by atoms with van der Waals surface area (Å²) in [6, 6.07) is 4.42. The molecule has 0 heterocycles. The van der Waals surface area contributed by atoms with E-state index < -0.39 is 0 Å². The SMILES string of the molecule is CONCc1cc(C)c(C)cc1C. The molecule has 0 unspecified atom stereocenters. The summed E-state index contributed by atoms with van der Waals surface area (Å²) in [5, 5.41) is 0. The van der Waals surface area contributed by atoms with E-state index in [-0.39, 0.29) is 0 Å². The average Bonchev–Trinajstić information content (AvgIpc) is 2.09. The molecule has 0 aliphatic rings. The zero-order chi connectivity index (χ0) is 9.84. The minimum atomic E-state index is 0.767. The normalized spacial score (nSPS) is 10.5. The molecule has 1 N–H and O–H groups in total. The summed E-state index contributed by atoms with van der Waals surface area (Å²) in [7, 11) is 1.64. The second-order valence-corrected chi connectivity index (χ2v) is 3.39. The Kier molecular flexibility index (Phi) is 3.46. The van der Waals surface area contributed by atoms with Gasteiger partial charge in [-0.1, -0.05) is 12.1 Å². The summed E-state index contributed by atoms with van der Waals surface area (Å²) in [6.07, 6.45) is 0. The van der Waals surface area contributed by atoms with Crippen molar-refractivity contribution < 1.29 is 4.84 Å². The highest BCUT2D eigenvalue weighted by Gasteiger charge is 2.00. The van der Waals surface area contributed by atoms with Crippen molar-refractivity contribution >= 4 is 0 Å². The first-order valence-electron chi connectivity index (χ1n) is 4.47. The molecule has 0 spiro atoms. The first kappa shape index (κ1) is 10.2. The van der Waals surface area contributed by atoms with E-state index in [1.807, 2.05) is 0 Å². The summed E-state index contributed by atoms with van der Waals surface area (Å²) in [5.74, 6) is 0. The number of hydrogen-bond donors (Lipinski definition) is 1. The highest BCUT2D eigenvalue weighted by atomic mass is 16.6. The lowest BCUT2D eigenvalue weighted by Gasteiger charge is -2.09. The number of hydroxylamine groups is 1. The lowest BCUT2D eigenvalue weighted by molar-refractivity contribution is 0.0866. The third-order valence-corrected chi connectivity index (χ3v) is 2.36. The van der Waals surface area contributed by atoms with Gasteiger partial charge in [-0.25, -0.2) is 0 Å². The van der Waals surface area contributed by atoms with Crippen molar-refractivity contribution in [3.8, 4) is 0 Å². The van der Waals surface area contributed by atoms with Crippen LogP contribution < -0.4 is 5.48 Å². The number of rotatable bonds is 3. The highest BCUT2D eigenvalue weighted by molar-refractivity contribution is 5.36. The van der Waals surface area contributed by atoms with E-state index in [0.29, 0.717) is 0 Å². The third kappa shape index (κ3) is 2.54. The van der Waals surface area contributed by atoms with Gasteiger partial charge in [0, 0.05) is 6.54 Å². The van der Waals surface area contributed by atoms with Crippen LogP contribution in [0, 0.1) is 20.8 Å². The molecule has 0 aliphatic carbocycles. The van der Waals surface area contributed by atoms with Crippen LogP contribution in [-0.4, -0.2) is 7.11 Å². The molecule has 1 rings (SSSR count). The highest BCUT2D eigenvalue weighted by Crippen LogP contribution is 2.14. The van der Waals surface area contributed by atoms with Gasteiger partial charge in [0.1, 0.15) is 0 Å². The summed E-state index contributed by atoms with van der Waals surface area (Å²) >= 11 is 0.